The third-order valence-corrected chi connectivity index (χ3v) is 8.72. The van der Waals surface area contributed by atoms with Crippen molar-refractivity contribution in [1.82, 2.24) is 4.90 Å². The zero-order chi connectivity index (χ0) is 31.9. The van der Waals surface area contributed by atoms with Crippen molar-refractivity contribution in [3.8, 4) is 0 Å². The summed E-state index contributed by atoms with van der Waals surface area (Å²) in [4.78, 5) is 28.9. The summed E-state index contributed by atoms with van der Waals surface area (Å²) in [7, 11) is 0. The van der Waals surface area contributed by atoms with Gasteiger partial charge in [-0.25, -0.2) is 0 Å². The van der Waals surface area contributed by atoms with Crippen molar-refractivity contribution < 1.29 is 24.2 Å². The lowest BCUT2D eigenvalue weighted by Crippen LogP contribution is -2.40. The number of esters is 2. The minimum Gasteiger partial charge on any atom is -0.465 e. The van der Waals surface area contributed by atoms with Crippen LogP contribution < -0.4 is 0 Å². The predicted molar refractivity (Wildman–Crippen MR) is 181 cm³/mol. The molecule has 1 N–H and O–H groups in total. The van der Waals surface area contributed by atoms with E-state index in [-0.39, 0.29) is 6.61 Å². The molecule has 0 aliphatic carbocycles. The topological polar surface area (TPSA) is 76.1 Å². The second kappa shape index (κ2) is 30.9. The van der Waals surface area contributed by atoms with Gasteiger partial charge >= 0.3 is 11.9 Å². The fourth-order valence-electron chi connectivity index (χ4n) is 5.61. The summed E-state index contributed by atoms with van der Waals surface area (Å²) in [5, 5.41) is 9.38. The van der Waals surface area contributed by atoms with E-state index in [4.69, 9.17) is 9.47 Å². The molecule has 0 rings (SSSR count). The van der Waals surface area contributed by atoms with Crippen molar-refractivity contribution in [2.45, 2.75) is 182 Å². The molecule has 0 bridgehead atoms. The molecule has 0 saturated heterocycles. The van der Waals surface area contributed by atoms with Crippen LogP contribution in [0.5, 0.6) is 0 Å². The van der Waals surface area contributed by atoms with Crippen LogP contribution in [0, 0.1) is 5.41 Å². The maximum atomic E-state index is 13.2. The summed E-state index contributed by atoms with van der Waals surface area (Å²) in [5.74, 6) is -0.852. The van der Waals surface area contributed by atoms with Crippen LogP contribution in [0.1, 0.15) is 182 Å². The van der Waals surface area contributed by atoms with Crippen LogP contribution in [0.2, 0.25) is 0 Å². The van der Waals surface area contributed by atoms with Crippen molar-refractivity contribution in [1.29, 1.82) is 0 Å². The van der Waals surface area contributed by atoms with Gasteiger partial charge in [0.05, 0.1) is 13.2 Å². The van der Waals surface area contributed by atoms with Gasteiger partial charge < -0.3 is 19.5 Å². The molecule has 256 valence electrons. The minimum atomic E-state index is -1.25. The smallest absolute Gasteiger partial charge is 0.323 e. The van der Waals surface area contributed by atoms with Gasteiger partial charge in [0, 0.05) is 13.2 Å². The van der Waals surface area contributed by atoms with Crippen molar-refractivity contribution >= 4 is 11.9 Å². The fraction of sp³-hybridized carbons (Fsp3) is 0.946. The second-order valence-corrected chi connectivity index (χ2v) is 13.0. The van der Waals surface area contributed by atoms with Crippen LogP contribution in [-0.4, -0.2) is 61.4 Å². The van der Waals surface area contributed by atoms with E-state index in [9.17, 15) is 14.7 Å². The molecule has 0 radical (unpaired) electrons. The van der Waals surface area contributed by atoms with Crippen LogP contribution in [-0.2, 0) is 19.1 Å². The molecular formula is C37H73NO5. The van der Waals surface area contributed by atoms with E-state index in [1.165, 1.54) is 89.9 Å². The van der Waals surface area contributed by atoms with Gasteiger partial charge in [0.25, 0.3) is 0 Å². The SMILES string of the molecule is CCCCCCCCCCN(CCCO)CCCCC(C)(C(=O)OCCCCCCCC)C(=O)OCCCCCCCC. The lowest BCUT2D eigenvalue weighted by molar-refractivity contribution is -0.172. The van der Waals surface area contributed by atoms with E-state index in [0.29, 0.717) is 19.6 Å². The minimum absolute atomic E-state index is 0.209. The lowest BCUT2D eigenvalue weighted by atomic mass is 9.84. The molecule has 0 fully saturated rings. The van der Waals surface area contributed by atoms with Gasteiger partial charge in [0.15, 0.2) is 5.41 Å². The molecule has 0 saturated carbocycles. The standard InChI is InChI=1S/C37H73NO5/c1-5-8-11-14-17-18-19-23-29-38(31-27-32-39)30-24-22-28-37(4,35(40)42-33-25-20-15-12-9-6-2)36(41)43-34-26-21-16-13-10-7-3/h39H,5-34H2,1-4H3. The Bertz CT molecular complexity index is 596. The number of rotatable bonds is 33. The molecule has 6 nitrogen and oxygen atoms in total. The van der Waals surface area contributed by atoms with Crippen LogP contribution in [0.25, 0.3) is 0 Å². The number of carbonyl (C=O) groups excluding carboxylic acids is 2. The van der Waals surface area contributed by atoms with Gasteiger partial charge in [-0.05, 0) is 58.5 Å². The first-order valence-electron chi connectivity index (χ1n) is 18.6. The number of hydrogen-bond donors (Lipinski definition) is 1. The van der Waals surface area contributed by atoms with Gasteiger partial charge in [0.1, 0.15) is 0 Å². The number of aliphatic hydroxyl groups is 1. The summed E-state index contributed by atoms with van der Waals surface area (Å²) in [5.41, 5.74) is -1.25. The summed E-state index contributed by atoms with van der Waals surface area (Å²) in [6.45, 7) is 12.2. The quantitative estimate of drug-likeness (QED) is 0.0452. The lowest BCUT2D eigenvalue weighted by Gasteiger charge is -2.26. The van der Waals surface area contributed by atoms with Crippen molar-refractivity contribution in [2.75, 3.05) is 39.5 Å². The van der Waals surface area contributed by atoms with Gasteiger partial charge in [-0.3, -0.25) is 9.59 Å². The monoisotopic (exact) mass is 612 g/mol. The second-order valence-electron chi connectivity index (χ2n) is 13.0. The first kappa shape index (κ1) is 41.9. The third-order valence-electron chi connectivity index (χ3n) is 8.72. The predicted octanol–water partition coefficient (Wildman–Crippen LogP) is 9.80. The molecule has 0 unspecified atom stereocenters. The number of unbranched alkanes of at least 4 members (excludes halogenated alkanes) is 18. The third kappa shape index (κ3) is 23.9. The van der Waals surface area contributed by atoms with E-state index >= 15 is 0 Å². The van der Waals surface area contributed by atoms with E-state index in [1.54, 1.807) is 6.92 Å². The highest BCUT2D eigenvalue weighted by atomic mass is 16.6. The average molecular weight is 612 g/mol. The maximum Gasteiger partial charge on any atom is 0.323 e. The fourth-order valence-corrected chi connectivity index (χ4v) is 5.61. The zero-order valence-electron chi connectivity index (χ0n) is 29.2. The molecular weight excluding hydrogens is 538 g/mol. The molecule has 6 heteroatoms. The molecule has 0 aromatic rings. The zero-order valence-corrected chi connectivity index (χ0v) is 29.2. The van der Waals surface area contributed by atoms with Crippen molar-refractivity contribution in [2.24, 2.45) is 5.41 Å². The summed E-state index contributed by atoms with van der Waals surface area (Å²) in [6.07, 6.45) is 26.8. The van der Waals surface area contributed by atoms with Crippen molar-refractivity contribution in [3.05, 3.63) is 0 Å². The van der Waals surface area contributed by atoms with Gasteiger partial charge in [0.2, 0.25) is 0 Å². The van der Waals surface area contributed by atoms with Gasteiger partial charge in [-0.1, -0.05) is 136 Å². The van der Waals surface area contributed by atoms with Crippen LogP contribution in [0.4, 0.5) is 0 Å². The normalized spacial score (nSPS) is 11.8. The number of carbonyl (C=O) groups is 2. The Kier molecular flexibility index (Phi) is 30.0. The van der Waals surface area contributed by atoms with Crippen LogP contribution in [0.3, 0.4) is 0 Å². The maximum absolute atomic E-state index is 13.2. The Morgan fingerprint density at radius 3 is 1.28 bits per heavy atom. The Balaban J connectivity index is 4.78. The Morgan fingerprint density at radius 1 is 0.512 bits per heavy atom. The number of ether oxygens (including phenoxy) is 2. The highest BCUT2D eigenvalue weighted by Crippen LogP contribution is 2.29. The van der Waals surface area contributed by atoms with Crippen LogP contribution >= 0.6 is 0 Å². The van der Waals surface area contributed by atoms with E-state index in [0.717, 1.165) is 77.4 Å². The van der Waals surface area contributed by atoms with Gasteiger partial charge in [-0.15, -0.1) is 0 Å². The molecule has 0 amide bonds. The molecule has 0 aromatic heterocycles. The summed E-state index contributed by atoms with van der Waals surface area (Å²) >= 11 is 0. The molecule has 0 spiro atoms. The highest BCUT2D eigenvalue weighted by Gasteiger charge is 2.43. The Morgan fingerprint density at radius 2 is 0.860 bits per heavy atom. The number of nitrogens with zero attached hydrogens (tertiary/aromatic N) is 1. The number of hydrogen-bond acceptors (Lipinski definition) is 6. The summed E-state index contributed by atoms with van der Waals surface area (Å²) < 4.78 is 11.3. The van der Waals surface area contributed by atoms with Gasteiger partial charge in [-0.2, -0.15) is 0 Å². The van der Waals surface area contributed by atoms with E-state index < -0.39 is 17.4 Å². The first-order valence-corrected chi connectivity index (χ1v) is 18.6. The molecule has 43 heavy (non-hydrogen) atoms. The van der Waals surface area contributed by atoms with E-state index in [2.05, 4.69) is 25.7 Å². The largest absolute Gasteiger partial charge is 0.465 e. The average Bonchev–Trinajstić information content (AvgIpc) is 3.01. The number of aliphatic hydroxyl groups excluding tert-OH is 1. The van der Waals surface area contributed by atoms with Crippen molar-refractivity contribution in [3.63, 3.8) is 0 Å². The van der Waals surface area contributed by atoms with Crippen LogP contribution in [0.15, 0.2) is 0 Å². The Hall–Kier alpha value is -1.14. The molecule has 0 aliphatic rings. The molecule has 0 aromatic carbocycles. The van der Waals surface area contributed by atoms with E-state index in [1.807, 2.05) is 0 Å². The summed E-state index contributed by atoms with van der Waals surface area (Å²) in [6, 6.07) is 0. The molecule has 0 heterocycles. The molecule has 0 atom stereocenters. The highest BCUT2D eigenvalue weighted by molar-refractivity contribution is 5.99. The Labute approximate surface area is 267 Å². The first-order chi connectivity index (χ1) is 21.0. The molecule has 0 aliphatic heterocycles.